The molecule has 6 fully saturated rings. The maximum atomic E-state index is 13.4. The number of fused-ring (bicyclic) bond motifs is 8. The van der Waals surface area contributed by atoms with Gasteiger partial charge in [-0.05, 0) is 131 Å². The molecule has 0 aliphatic carbocycles. The Morgan fingerprint density at radius 1 is 0.576 bits per heavy atom. The number of hydrogen-bond acceptors (Lipinski definition) is 7. The second-order valence-electron chi connectivity index (χ2n) is 17.2. The number of aliphatic hydroxyl groups excluding tert-OH is 1. The summed E-state index contributed by atoms with van der Waals surface area (Å²) in [4.78, 5) is 34.3. The van der Waals surface area contributed by atoms with E-state index in [1.165, 1.54) is 48.2 Å². The molecule has 6 saturated heterocycles. The highest BCUT2D eigenvalue weighted by atomic mass is 16.6. The Bertz CT molecular complexity index is 1970. The van der Waals surface area contributed by atoms with Gasteiger partial charge in [-0.1, -0.05) is 109 Å². The molecule has 0 spiro atoms. The zero-order chi connectivity index (χ0) is 40.9. The molecule has 9 nitrogen and oxygen atoms in total. The van der Waals surface area contributed by atoms with Gasteiger partial charge in [0.1, 0.15) is 6.10 Å². The molecule has 9 heteroatoms. The van der Waals surface area contributed by atoms with Crippen LogP contribution in [0, 0.1) is 11.8 Å². The van der Waals surface area contributed by atoms with E-state index in [1.54, 1.807) is 0 Å². The van der Waals surface area contributed by atoms with Crippen LogP contribution in [-0.2, 0) is 22.3 Å². The number of hydrogen-bond donors (Lipinski definition) is 1. The highest BCUT2D eigenvalue weighted by molar-refractivity contribution is 5.71. The van der Waals surface area contributed by atoms with E-state index in [0.717, 1.165) is 49.9 Å². The second-order valence-corrected chi connectivity index (χ2v) is 17.2. The Morgan fingerprint density at radius 3 is 1.46 bits per heavy atom. The molecule has 4 aromatic rings. The number of amides is 2. The molecule has 0 aromatic heterocycles. The fourth-order valence-corrected chi connectivity index (χ4v) is 10.6. The number of benzene rings is 4. The van der Waals surface area contributed by atoms with Crippen molar-refractivity contribution < 1.29 is 24.2 Å². The SMILES string of the molecule is CC1[C@H](O)C2CCN1CC2.CC1[C@H](OC(=O)N2CCc3ccccc3[C@@H]2c2ccccc2)C2CCN1CC2.CCOC(=O)N1CCc2ccccc2[C@@H]1c1ccccc1. The van der Waals surface area contributed by atoms with Crippen molar-refractivity contribution in [2.75, 3.05) is 45.9 Å². The first-order valence-corrected chi connectivity index (χ1v) is 22.1. The molecular weight excluding hydrogens is 737 g/mol. The van der Waals surface area contributed by atoms with Crippen LogP contribution < -0.4 is 0 Å². The first-order chi connectivity index (χ1) is 28.8. The molecule has 0 radical (unpaired) electrons. The maximum Gasteiger partial charge on any atom is 0.410 e. The predicted molar refractivity (Wildman–Crippen MR) is 231 cm³/mol. The summed E-state index contributed by atoms with van der Waals surface area (Å²) >= 11 is 0. The summed E-state index contributed by atoms with van der Waals surface area (Å²) in [7, 11) is 0. The van der Waals surface area contributed by atoms with Gasteiger partial charge >= 0.3 is 12.2 Å². The van der Waals surface area contributed by atoms with Gasteiger partial charge in [-0.2, -0.15) is 0 Å². The van der Waals surface area contributed by atoms with E-state index < -0.39 is 0 Å². The Balaban J connectivity index is 0.000000137. The Labute approximate surface area is 350 Å². The fourth-order valence-electron chi connectivity index (χ4n) is 10.6. The van der Waals surface area contributed by atoms with E-state index >= 15 is 0 Å². The van der Waals surface area contributed by atoms with Crippen molar-refractivity contribution >= 4 is 12.2 Å². The van der Waals surface area contributed by atoms with Crippen molar-refractivity contribution in [3.05, 3.63) is 143 Å². The largest absolute Gasteiger partial charge is 0.450 e. The number of aliphatic hydroxyl groups is 1. The third-order valence-corrected chi connectivity index (χ3v) is 14.0. The minimum absolute atomic E-state index is 0.0172. The summed E-state index contributed by atoms with van der Waals surface area (Å²) in [5.74, 6) is 1.12. The van der Waals surface area contributed by atoms with E-state index in [2.05, 4.69) is 90.4 Å². The van der Waals surface area contributed by atoms with Crippen molar-refractivity contribution in [1.29, 1.82) is 0 Å². The van der Waals surface area contributed by atoms with E-state index in [0.29, 0.717) is 43.6 Å². The number of carbonyl (C=O) groups excluding carboxylic acids is 2. The molecular formula is C50H62N4O5. The van der Waals surface area contributed by atoms with Gasteiger partial charge in [0.25, 0.3) is 0 Å². The molecule has 8 aliphatic heterocycles. The molecule has 4 aromatic carbocycles. The molecule has 6 atom stereocenters. The van der Waals surface area contributed by atoms with Crippen LogP contribution in [0.5, 0.6) is 0 Å². The average Bonchev–Trinajstić information content (AvgIpc) is 3.29. The van der Waals surface area contributed by atoms with Crippen LogP contribution in [0.4, 0.5) is 9.59 Å². The van der Waals surface area contributed by atoms with Crippen LogP contribution in [0.2, 0.25) is 0 Å². The van der Waals surface area contributed by atoms with Crippen molar-refractivity contribution in [2.24, 2.45) is 11.8 Å². The third-order valence-electron chi connectivity index (χ3n) is 14.0. The van der Waals surface area contributed by atoms with E-state index in [4.69, 9.17) is 9.47 Å². The number of carbonyl (C=O) groups is 2. The molecule has 59 heavy (non-hydrogen) atoms. The summed E-state index contributed by atoms with van der Waals surface area (Å²) in [6.45, 7) is 12.7. The standard InChI is InChI=1S/C24H28N2O2.C18H19NO2.C8H15NO/c1-17-23(20-11-14-25(17)15-12-20)28-24(27)26-16-13-18-7-5-6-10-21(18)22(26)19-8-3-2-4-9-19;1-2-21-18(20)19-13-12-14-8-6-7-11-16(14)17(19)15-9-4-3-5-10-15;1-6-8(10)7-2-4-9(6)5-3-7/h2-10,17,20,22-23H,11-16H2,1H3;3-11,17H,2,12-13H2,1H3;6-8,10H,2-5H2,1H3/t17?,22-,23-;17-;6?,8-/m000/s1. The highest BCUT2D eigenvalue weighted by Crippen LogP contribution is 2.39. The van der Waals surface area contributed by atoms with Crippen LogP contribution in [-0.4, -0.2) is 107 Å². The lowest BCUT2D eigenvalue weighted by molar-refractivity contribution is -0.0803. The average molecular weight is 799 g/mol. The molecule has 8 aliphatic rings. The lowest BCUT2D eigenvalue weighted by atomic mass is 9.81. The van der Waals surface area contributed by atoms with Crippen molar-refractivity contribution in [1.82, 2.24) is 19.6 Å². The number of nitrogens with zero attached hydrogens (tertiary/aromatic N) is 4. The normalized spacial score (nSPS) is 30.0. The van der Waals surface area contributed by atoms with Gasteiger partial charge in [0.15, 0.2) is 0 Å². The zero-order valence-electron chi connectivity index (χ0n) is 35.1. The number of rotatable bonds is 4. The summed E-state index contributed by atoms with van der Waals surface area (Å²) in [6, 6.07) is 37.9. The van der Waals surface area contributed by atoms with E-state index in [-0.39, 0.29) is 36.5 Å². The first-order valence-electron chi connectivity index (χ1n) is 22.1. The number of ether oxygens (including phenoxy) is 2. The summed E-state index contributed by atoms with van der Waals surface area (Å²) in [5.41, 5.74) is 7.33. The summed E-state index contributed by atoms with van der Waals surface area (Å²) in [5, 5.41) is 9.63. The predicted octanol–water partition coefficient (Wildman–Crippen LogP) is 8.51. The minimum Gasteiger partial charge on any atom is -0.450 e. The Kier molecular flexibility index (Phi) is 13.0. The molecule has 4 bridgehead atoms. The van der Waals surface area contributed by atoms with Gasteiger partial charge in [-0.3, -0.25) is 19.6 Å². The van der Waals surface area contributed by atoms with Crippen LogP contribution in [0.1, 0.15) is 91.9 Å². The molecule has 8 heterocycles. The van der Waals surface area contributed by atoms with Gasteiger partial charge in [-0.25, -0.2) is 9.59 Å². The molecule has 1 N–H and O–H groups in total. The minimum atomic E-state index is -0.235. The van der Waals surface area contributed by atoms with Gasteiger partial charge in [0.05, 0.1) is 24.8 Å². The van der Waals surface area contributed by atoms with E-state index in [9.17, 15) is 14.7 Å². The van der Waals surface area contributed by atoms with Crippen LogP contribution in [0.3, 0.4) is 0 Å². The van der Waals surface area contributed by atoms with Gasteiger partial charge in [0, 0.05) is 25.2 Å². The summed E-state index contributed by atoms with van der Waals surface area (Å²) < 4.78 is 11.4. The van der Waals surface area contributed by atoms with Crippen LogP contribution >= 0.6 is 0 Å². The van der Waals surface area contributed by atoms with Crippen LogP contribution in [0.15, 0.2) is 109 Å². The molecule has 312 valence electrons. The molecule has 2 unspecified atom stereocenters. The highest BCUT2D eigenvalue weighted by Gasteiger charge is 2.44. The first kappa shape index (κ1) is 41.1. The third kappa shape index (κ3) is 8.79. The topological polar surface area (TPSA) is 85.8 Å². The lowest BCUT2D eigenvalue weighted by Crippen LogP contribution is -2.58. The Hall–Kier alpha value is -4.70. The Morgan fingerprint density at radius 2 is 1.02 bits per heavy atom. The van der Waals surface area contributed by atoms with Gasteiger partial charge < -0.3 is 14.6 Å². The summed E-state index contributed by atoms with van der Waals surface area (Å²) in [6.07, 6.45) is 6.06. The zero-order valence-corrected chi connectivity index (χ0v) is 35.1. The quantitative estimate of drug-likeness (QED) is 0.222. The monoisotopic (exact) mass is 798 g/mol. The lowest BCUT2D eigenvalue weighted by Gasteiger charge is -2.49. The van der Waals surface area contributed by atoms with Crippen molar-refractivity contribution in [3.8, 4) is 0 Å². The molecule has 2 amide bonds. The maximum absolute atomic E-state index is 13.4. The molecule has 0 saturated carbocycles. The number of piperidine rings is 6. The smallest absolute Gasteiger partial charge is 0.410 e. The fraction of sp³-hybridized carbons (Fsp3) is 0.480. The van der Waals surface area contributed by atoms with E-state index in [1.807, 2.05) is 59.2 Å². The van der Waals surface area contributed by atoms with Crippen molar-refractivity contribution in [2.45, 2.75) is 95.7 Å². The van der Waals surface area contributed by atoms with Gasteiger partial charge in [0.2, 0.25) is 0 Å². The van der Waals surface area contributed by atoms with Gasteiger partial charge in [-0.15, -0.1) is 0 Å². The van der Waals surface area contributed by atoms with Crippen molar-refractivity contribution in [3.63, 3.8) is 0 Å². The molecule has 12 rings (SSSR count). The van der Waals surface area contributed by atoms with Crippen LogP contribution in [0.25, 0.3) is 0 Å². The second kappa shape index (κ2) is 18.7.